The number of methoxy groups -OCH3 is 1. The highest BCUT2D eigenvalue weighted by atomic mass is 35.5. The minimum absolute atomic E-state index is 0.211. The van der Waals surface area contributed by atoms with Crippen LogP contribution in [0.2, 0.25) is 5.15 Å². The third-order valence-electron chi connectivity index (χ3n) is 3.23. The van der Waals surface area contributed by atoms with Crippen molar-refractivity contribution in [3.8, 4) is 5.75 Å². The van der Waals surface area contributed by atoms with Crippen LogP contribution in [-0.4, -0.2) is 17.1 Å². The normalized spacial score (nSPS) is 10.8. The fourth-order valence-corrected chi connectivity index (χ4v) is 2.11. The molecular weight excluding hydrogens is 286 g/mol. The number of hydrogen-bond acceptors (Lipinski definition) is 4. The maximum atomic E-state index is 6.21. The smallest absolute Gasteiger partial charge is 0.142 e. The molecule has 0 unspecified atom stereocenters. The molecule has 1 aromatic heterocycles. The molecule has 0 fully saturated rings. The third kappa shape index (κ3) is 3.45. The van der Waals surface area contributed by atoms with Gasteiger partial charge in [0.15, 0.2) is 0 Å². The number of aryl methyl sites for hydroxylation is 1. The van der Waals surface area contributed by atoms with Crippen molar-refractivity contribution in [1.82, 2.24) is 9.97 Å². The highest BCUT2D eigenvalue weighted by molar-refractivity contribution is 6.30. The van der Waals surface area contributed by atoms with Crippen LogP contribution in [0.3, 0.4) is 0 Å². The van der Waals surface area contributed by atoms with Crippen molar-refractivity contribution in [2.45, 2.75) is 33.6 Å². The van der Waals surface area contributed by atoms with Crippen molar-refractivity contribution in [3.63, 3.8) is 0 Å². The monoisotopic (exact) mass is 305 g/mol. The molecule has 0 saturated carbocycles. The van der Waals surface area contributed by atoms with Crippen LogP contribution in [-0.2, 0) is 0 Å². The molecule has 0 aliphatic carbocycles. The first kappa shape index (κ1) is 15.6. The maximum Gasteiger partial charge on any atom is 0.142 e. The molecule has 0 aliphatic rings. The molecule has 2 aromatic rings. The van der Waals surface area contributed by atoms with Gasteiger partial charge in [-0.2, -0.15) is 0 Å². The zero-order valence-electron chi connectivity index (χ0n) is 13.0. The molecule has 2 rings (SSSR count). The summed E-state index contributed by atoms with van der Waals surface area (Å²) in [5, 5.41) is 3.78. The molecule has 21 heavy (non-hydrogen) atoms. The van der Waals surface area contributed by atoms with Crippen molar-refractivity contribution in [2.24, 2.45) is 0 Å². The first-order chi connectivity index (χ1) is 9.92. The summed E-state index contributed by atoms with van der Waals surface area (Å²) in [7, 11) is 1.65. The lowest BCUT2D eigenvalue weighted by molar-refractivity contribution is 0.416. The summed E-state index contributed by atoms with van der Waals surface area (Å²) in [5.74, 6) is 2.41. The number of halogens is 1. The van der Waals surface area contributed by atoms with Crippen LogP contribution < -0.4 is 10.1 Å². The Kier molecular flexibility index (Phi) is 4.68. The van der Waals surface area contributed by atoms with Crippen LogP contribution in [0.5, 0.6) is 5.75 Å². The number of nitrogens with zero attached hydrogens (tertiary/aromatic N) is 2. The molecule has 0 atom stereocenters. The van der Waals surface area contributed by atoms with E-state index in [9.17, 15) is 0 Å². The van der Waals surface area contributed by atoms with Gasteiger partial charge in [0.1, 0.15) is 22.5 Å². The van der Waals surface area contributed by atoms with Gasteiger partial charge in [-0.15, -0.1) is 0 Å². The van der Waals surface area contributed by atoms with E-state index in [1.807, 2.05) is 45.9 Å². The Morgan fingerprint density at radius 1 is 1.19 bits per heavy atom. The van der Waals surface area contributed by atoms with Gasteiger partial charge in [0.25, 0.3) is 0 Å². The molecule has 0 spiro atoms. The van der Waals surface area contributed by atoms with Gasteiger partial charge in [0.2, 0.25) is 0 Å². The second-order valence-electron chi connectivity index (χ2n) is 5.33. The predicted octanol–water partition coefficient (Wildman–Crippen LogP) is 4.62. The lowest BCUT2D eigenvalue weighted by Crippen LogP contribution is -2.06. The van der Waals surface area contributed by atoms with Crippen LogP contribution >= 0.6 is 11.6 Å². The maximum absolute atomic E-state index is 6.21. The van der Waals surface area contributed by atoms with Crippen molar-refractivity contribution in [2.75, 3.05) is 12.4 Å². The Morgan fingerprint density at radius 3 is 2.52 bits per heavy atom. The van der Waals surface area contributed by atoms with E-state index in [0.29, 0.717) is 11.0 Å². The molecule has 1 N–H and O–H groups in total. The average molecular weight is 306 g/mol. The number of rotatable bonds is 4. The summed E-state index contributed by atoms with van der Waals surface area (Å²) in [6, 6.07) is 5.95. The average Bonchev–Trinajstić information content (AvgIpc) is 2.43. The van der Waals surface area contributed by atoms with Crippen LogP contribution in [0.4, 0.5) is 11.5 Å². The van der Waals surface area contributed by atoms with Crippen LogP contribution in [0.25, 0.3) is 0 Å². The summed E-state index contributed by atoms with van der Waals surface area (Å²) in [6.45, 7) is 8.01. The van der Waals surface area contributed by atoms with Gasteiger partial charge in [-0.05, 0) is 31.5 Å². The Morgan fingerprint density at radius 2 is 1.90 bits per heavy atom. The summed E-state index contributed by atoms with van der Waals surface area (Å²) >= 11 is 6.21. The predicted molar refractivity (Wildman–Crippen MR) is 86.9 cm³/mol. The van der Waals surface area contributed by atoms with Crippen LogP contribution in [0.1, 0.15) is 36.7 Å². The van der Waals surface area contributed by atoms with E-state index in [1.54, 1.807) is 7.11 Å². The molecule has 1 heterocycles. The van der Waals surface area contributed by atoms with Gasteiger partial charge in [-0.25, -0.2) is 9.97 Å². The minimum Gasteiger partial charge on any atom is -0.495 e. The van der Waals surface area contributed by atoms with Gasteiger partial charge in [0, 0.05) is 11.5 Å². The second kappa shape index (κ2) is 6.31. The largest absolute Gasteiger partial charge is 0.495 e. The number of ether oxygens (including phenoxy) is 1. The van der Waals surface area contributed by atoms with E-state index in [2.05, 4.69) is 15.3 Å². The number of benzene rings is 1. The minimum atomic E-state index is 0.211. The third-order valence-corrected chi connectivity index (χ3v) is 3.60. The Balaban J connectivity index is 2.46. The van der Waals surface area contributed by atoms with E-state index in [1.165, 1.54) is 0 Å². The standard InChI is InChI=1S/C16H20ClN3O/c1-9(2)15-19-14(17)11(4)16(20-15)18-12-8-10(3)6-7-13(12)21-5/h6-9H,1-5H3,(H,18,19,20). The summed E-state index contributed by atoms with van der Waals surface area (Å²) in [4.78, 5) is 8.89. The fraction of sp³-hybridized carbons (Fsp3) is 0.375. The van der Waals surface area contributed by atoms with E-state index < -0.39 is 0 Å². The van der Waals surface area contributed by atoms with Crippen LogP contribution in [0.15, 0.2) is 18.2 Å². The summed E-state index contributed by atoms with van der Waals surface area (Å²) in [6.07, 6.45) is 0. The molecule has 1 aromatic carbocycles. The van der Waals surface area contributed by atoms with Crippen molar-refractivity contribution >= 4 is 23.1 Å². The van der Waals surface area contributed by atoms with Gasteiger partial charge in [-0.3, -0.25) is 0 Å². The van der Waals surface area contributed by atoms with Gasteiger partial charge >= 0.3 is 0 Å². The van der Waals surface area contributed by atoms with E-state index in [-0.39, 0.29) is 5.92 Å². The first-order valence-electron chi connectivity index (χ1n) is 6.88. The van der Waals surface area contributed by atoms with Gasteiger partial charge < -0.3 is 10.1 Å². The van der Waals surface area contributed by atoms with Gasteiger partial charge in [0.05, 0.1) is 12.8 Å². The highest BCUT2D eigenvalue weighted by Gasteiger charge is 2.13. The topological polar surface area (TPSA) is 47.0 Å². The zero-order valence-corrected chi connectivity index (χ0v) is 13.7. The van der Waals surface area contributed by atoms with Crippen molar-refractivity contribution < 1.29 is 4.74 Å². The highest BCUT2D eigenvalue weighted by Crippen LogP contribution is 2.31. The SMILES string of the molecule is COc1ccc(C)cc1Nc1nc(C(C)C)nc(Cl)c1C. The molecule has 0 radical (unpaired) electrons. The van der Waals surface area contributed by atoms with E-state index in [4.69, 9.17) is 16.3 Å². The second-order valence-corrected chi connectivity index (χ2v) is 5.69. The Bertz CT molecular complexity index is 656. The Labute approximate surface area is 130 Å². The van der Waals surface area contributed by atoms with Crippen molar-refractivity contribution in [3.05, 3.63) is 40.3 Å². The molecule has 0 bridgehead atoms. The lowest BCUT2D eigenvalue weighted by atomic mass is 10.2. The zero-order chi connectivity index (χ0) is 15.6. The summed E-state index contributed by atoms with van der Waals surface area (Å²) in [5.41, 5.74) is 2.83. The number of hydrogen-bond donors (Lipinski definition) is 1. The molecular formula is C16H20ClN3O. The number of anilines is 2. The number of nitrogens with one attached hydrogen (secondary N) is 1. The van der Waals surface area contributed by atoms with Crippen LogP contribution in [0, 0.1) is 13.8 Å². The Hall–Kier alpha value is -1.81. The number of aromatic nitrogens is 2. The quantitative estimate of drug-likeness (QED) is 0.837. The van der Waals surface area contributed by atoms with E-state index >= 15 is 0 Å². The van der Waals surface area contributed by atoms with Crippen molar-refractivity contribution in [1.29, 1.82) is 0 Å². The lowest BCUT2D eigenvalue weighted by Gasteiger charge is -2.15. The molecule has 112 valence electrons. The summed E-state index contributed by atoms with van der Waals surface area (Å²) < 4.78 is 5.38. The molecule has 4 nitrogen and oxygen atoms in total. The molecule has 0 aliphatic heterocycles. The fourth-order valence-electron chi connectivity index (χ4n) is 1.93. The van der Waals surface area contributed by atoms with Gasteiger partial charge in [-0.1, -0.05) is 31.5 Å². The van der Waals surface area contributed by atoms with E-state index in [0.717, 1.165) is 28.4 Å². The first-order valence-corrected chi connectivity index (χ1v) is 7.26. The molecule has 0 amide bonds. The molecule has 0 saturated heterocycles. The molecule has 5 heteroatoms.